The van der Waals surface area contributed by atoms with E-state index in [9.17, 15) is 23.1 Å². The summed E-state index contributed by atoms with van der Waals surface area (Å²) in [6, 6.07) is 6.02. The maximum Gasteiger partial charge on any atom is 0.308 e. The Kier molecular flexibility index (Phi) is 6.38. The minimum Gasteiger partial charge on any atom is -0.469 e. The highest BCUT2D eigenvalue weighted by atomic mass is 32.2. The van der Waals surface area contributed by atoms with Crippen molar-refractivity contribution in [3.63, 3.8) is 0 Å². The molecule has 2 rings (SSSR count). The molecule has 0 heterocycles. The minimum absolute atomic E-state index is 0.0257. The lowest BCUT2D eigenvalue weighted by Crippen LogP contribution is -2.49. The second-order valence-electron chi connectivity index (χ2n) is 6.23. The van der Waals surface area contributed by atoms with Crippen molar-refractivity contribution >= 4 is 22.1 Å². The average Bonchev–Trinajstić information content (AvgIpc) is 2.57. The van der Waals surface area contributed by atoms with Gasteiger partial charge in [0, 0.05) is 13.3 Å². The van der Waals surface area contributed by atoms with Gasteiger partial charge in [0.15, 0.2) is 0 Å². The first kappa shape index (κ1) is 20.3. The van der Waals surface area contributed by atoms with Crippen LogP contribution >= 0.6 is 0 Å². The van der Waals surface area contributed by atoms with Gasteiger partial charge in [0.25, 0.3) is 10.1 Å². The number of hydrogen-bond acceptors (Lipinski definition) is 8. The summed E-state index contributed by atoms with van der Waals surface area (Å²) in [6.45, 7) is 2.97. The van der Waals surface area contributed by atoms with Crippen molar-refractivity contribution in [3.8, 4) is 0 Å². The van der Waals surface area contributed by atoms with Crippen LogP contribution in [-0.2, 0) is 33.4 Å². The Morgan fingerprint density at radius 3 is 2.23 bits per heavy atom. The van der Waals surface area contributed by atoms with E-state index in [1.54, 1.807) is 12.1 Å². The van der Waals surface area contributed by atoms with Gasteiger partial charge >= 0.3 is 11.9 Å². The van der Waals surface area contributed by atoms with Crippen LogP contribution in [0.5, 0.6) is 0 Å². The Hall–Kier alpha value is -1.97. The van der Waals surface area contributed by atoms with Gasteiger partial charge in [0.2, 0.25) is 0 Å². The summed E-state index contributed by atoms with van der Waals surface area (Å²) in [5, 5.41) is 10.4. The summed E-state index contributed by atoms with van der Waals surface area (Å²) < 4.78 is 39.8. The van der Waals surface area contributed by atoms with E-state index in [1.807, 2.05) is 6.92 Å². The minimum atomic E-state index is -4.17. The van der Waals surface area contributed by atoms with Crippen LogP contribution < -0.4 is 0 Å². The summed E-state index contributed by atoms with van der Waals surface area (Å²) in [6.07, 6.45) is -3.75. The molecule has 1 saturated carbocycles. The molecule has 0 bridgehead atoms. The Bertz CT molecular complexity index is 755. The molecule has 8 nitrogen and oxygen atoms in total. The van der Waals surface area contributed by atoms with Gasteiger partial charge < -0.3 is 14.6 Å². The van der Waals surface area contributed by atoms with Gasteiger partial charge in [-0.3, -0.25) is 13.8 Å². The van der Waals surface area contributed by atoms with Gasteiger partial charge in [-0.15, -0.1) is 0 Å². The molecule has 0 aliphatic heterocycles. The third-order valence-electron chi connectivity index (χ3n) is 4.21. The standard InChI is InChI=1S/C17H22O8S/c1-10-4-6-13(7-5-10)26(21,22)25-15-9-12(17(20)23-3)8-14(16(15)19)24-11(2)18/h4-7,12,14-16,19H,8-9H2,1-3H3/t12-,14-,15-,16+/m1/s1. The SMILES string of the molecule is COC(=O)[C@@H]1C[C@@H](OC(C)=O)[C@H](O)[C@H](OS(=O)(=O)c2ccc(C)cc2)C1. The van der Waals surface area contributed by atoms with E-state index in [4.69, 9.17) is 8.92 Å². The zero-order valence-corrected chi connectivity index (χ0v) is 15.6. The van der Waals surface area contributed by atoms with Crippen LogP contribution in [0.2, 0.25) is 0 Å². The van der Waals surface area contributed by atoms with Gasteiger partial charge in [-0.2, -0.15) is 8.42 Å². The van der Waals surface area contributed by atoms with Crippen LogP contribution in [0.3, 0.4) is 0 Å². The number of aliphatic hydroxyl groups is 1. The number of aryl methyl sites for hydroxylation is 1. The number of carbonyl (C=O) groups is 2. The molecule has 0 radical (unpaired) electrons. The second-order valence-corrected chi connectivity index (χ2v) is 7.80. The fourth-order valence-electron chi connectivity index (χ4n) is 2.88. The number of ether oxygens (including phenoxy) is 2. The lowest BCUT2D eigenvalue weighted by Gasteiger charge is -2.36. The maximum atomic E-state index is 12.5. The van der Waals surface area contributed by atoms with Gasteiger partial charge in [0.05, 0.1) is 17.9 Å². The van der Waals surface area contributed by atoms with Crippen LogP contribution in [0.15, 0.2) is 29.2 Å². The number of methoxy groups -OCH3 is 1. The molecule has 0 amide bonds. The Balaban J connectivity index is 2.24. The third-order valence-corrected chi connectivity index (χ3v) is 5.56. The molecule has 1 N–H and O–H groups in total. The zero-order chi connectivity index (χ0) is 19.5. The monoisotopic (exact) mass is 386 g/mol. The van der Waals surface area contributed by atoms with Crippen molar-refractivity contribution in [2.75, 3.05) is 7.11 Å². The smallest absolute Gasteiger partial charge is 0.308 e. The topological polar surface area (TPSA) is 116 Å². The van der Waals surface area contributed by atoms with Crippen LogP contribution in [0.1, 0.15) is 25.3 Å². The number of aliphatic hydroxyl groups excluding tert-OH is 1. The van der Waals surface area contributed by atoms with Crippen molar-refractivity contribution in [1.82, 2.24) is 0 Å². The van der Waals surface area contributed by atoms with E-state index in [0.29, 0.717) is 0 Å². The van der Waals surface area contributed by atoms with Gasteiger partial charge in [0.1, 0.15) is 18.3 Å². The van der Waals surface area contributed by atoms with Crippen molar-refractivity contribution in [2.45, 2.75) is 49.9 Å². The fourth-order valence-corrected chi connectivity index (χ4v) is 3.98. The second kappa shape index (κ2) is 8.15. The number of hydrogen-bond donors (Lipinski definition) is 1. The summed E-state index contributed by atoms with van der Waals surface area (Å²) in [7, 11) is -2.97. The molecule has 0 aromatic heterocycles. The summed E-state index contributed by atoms with van der Waals surface area (Å²) in [4.78, 5) is 23.0. The van der Waals surface area contributed by atoms with Crippen molar-refractivity contribution in [2.24, 2.45) is 5.92 Å². The highest BCUT2D eigenvalue weighted by Gasteiger charge is 2.44. The van der Waals surface area contributed by atoms with Crippen molar-refractivity contribution in [3.05, 3.63) is 29.8 Å². The summed E-state index contributed by atoms with van der Waals surface area (Å²) in [5.74, 6) is -2.00. The Labute approximate surface area is 152 Å². The van der Waals surface area contributed by atoms with E-state index in [2.05, 4.69) is 4.74 Å². The number of carbonyl (C=O) groups excluding carboxylic acids is 2. The lowest BCUT2D eigenvalue weighted by atomic mass is 9.83. The molecule has 9 heteroatoms. The molecule has 1 aliphatic carbocycles. The van der Waals surface area contributed by atoms with Crippen molar-refractivity contribution < 1.29 is 36.8 Å². The van der Waals surface area contributed by atoms with E-state index in [-0.39, 0.29) is 17.7 Å². The van der Waals surface area contributed by atoms with Gasteiger partial charge in [-0.25, -0.2) is 0 Å². The molecule has 1 aromatic rings. The molecule has 1 aliphatic rings. The molecule has 4 atom stereocenters. The van der Waals surface area contributed by atoms with Crippen molar-refractivity contribution in [1.29, 1.82) is 0 Å². The molecular weight excluding hydrogens is 364 g/mol. The fraction of sp³-hybridized carbons (Fsp3) is 0.529. The number of benzene rings is 1. The summed E-state index contributed by atoms with van der Waals surface area (Å²) >= 11 is 0. The first-order chi connectivity index (χ1) is 12.1. The molecule has 0 unspecified atom stereocenters. The van der Waals surface area contributed by atoms with Crippen LogP contribution in [0.4, 0.5) is 0 Å². The summed E-state index contributed by atoms with van der Waals surface area (Å²) in [5.41, 5.74) is 0.877. The van der Waals surface area contributed by atoms with Crippen LogP contribution in [-0.4, -0.2) is 50.9 Å². The van der Waals surface area contributed by atoms with Gasteiger partial charge in [-0.1, -0.05) is 17.7 Å². The largest absolute Gasteiger partial charge is 0.469 e. The first-order valence-corrected chi connectivity index (χ1v) is 9.48. The molecule has 0 spiro atoms. The Morgan fingerprint density at radius 2 is 1.69 bits per heavy atom. The van der Waals surface area contributed by atoms with E-state index < -0.39 is 46.3 Å². The third kappa shape index (κ3) is 4.80. The first-order valence-electron chi connectivity index (χ1n) is 8.07. The molecule has 1 aromatic carbocycles. The molecule has 144 valence electrons. The maximum absolute atomic E-state index is 12.5. The van der Waals surface area contributed by atoms with Crippen LogP contribution in [0.25, 0.3) is 0 Å². The highest BCUT2D eigenvalue weighted by molar-refractivity contribution is 7.86. The molecular formula is C17H22O8S. The normalized spacial score (nSPS) is 26.2. The zero-order valence-electron chi connectivity index (χ0n) is 14.7. The predicted octanol–water partition coefficient (Wildman–Crippen LogP) is 0.945. The van der Waals surface area contributed by atoms with E-state index in [1.165, 1.54) is 19.2 Å². The van der Waals surface area contributed by atoms with Crippen LogP contribution in [0, 0.1) is 12.8 Å². The molecule has 0 saturated heterocycles. The van der Waals surface area contributed by atoms with E-state index in [0.717, 1.165) is 12.5 Å². The lowest BCUT2D eigenvalue weighted by molar-refractivity contribution is -0.171. The molecule has 1 fully saturated rings. The highest BCUT2D eigenvalue weighted by Crippen LogP contribution is 2.32. The Morgan fingerprint density at radius 1 is 1.12 bits per heavy atom. The van der Waals surface area contributed by atoms with Gasteiger partial charge in [-0.05, 0) is 25.5 Å². The van der Waals surface area contributed by atoms with E-state index >= 15 is 0 Å². The number of rotatable bonds is 5. The molecule has 26 heavy (non-hydrogen) atoms. The number of esters is 2. The quantitative estimate of drug-likeness (QED) is 0.587. The average molecular weight is 386 g/mol. The predicted molar refractivity (Wildman–Crippen MR) is 89.5 cm³/mol.